The van der Waals surface area contributed by atoms with Crippen molar-refractivity contribution >= 4 is 33.2 Å². The number of alkyl halides is 3. The highest BCUT2D eigenvalue weighted by atomic mass is 35.5. The van der Waals surface area contributed by atoms with Gasteiger partial charge in [-0.25, -0.2) is 13.1 Å². The molecule has 0 saturated heterocycles. The zero-order valence-electron chi connectivity index (χ0n) is 14.0. The van der Waals surface area contributed by atoms with E-state index in [1.54, 1.807) is 0 Å². The van der Waals surface area contributed by atoms with Crippen LogP contribution in [0, 0.1) is 6.92 Å². The number of sulfonamides is 1. The molecule has 7 nitrogen and oxygen atoms in total. The maximum Gasteiger partial charge on any atom is 0.426 e. The summed E-state index contributed by atoms with van der Waals surface area (Å²) in [5, 5.41) is 20.0. The standard InChI is InChI=1S/C14H18ClF3N2O5S/c1-7(21)6-19-26(24,25)10-5-4-9(11(15)8(10)2)20-12(22)13(3,23)14(16,17)18/h4-5,7,19,21,23H,6H2,1-3H3,(H,20,22). The summed E-state index contributed by atoms with van der Waals surface area (Å²) in [4.78, 5) is 11.4. The van der Waals surface area contributed by atoms with Gasteiger partial charge in [0.15, 0.2) is 0 Å². The van der Waals surface area contributed by atoms with Crippen LogP contribution in [0.15, 0.2) is 17.0 Å². The van der Waals surface area contributed by atoms with E-state index in [0.29, 0.717) is 0 Å². The average molecular weight is 419 g/mol. The summed E-state index contributed by atoms with van der Waals surface area (Å²) in [7, 11) is -4.04. The lowest BCUT2D eigenvalue weighted by Crippen LogP contribution is -2.52. The Balaban J connectivity index is 3.17. The van der Waals surface area contributed by atoms with Gasteiger partial charge in [0.1, 0.15) is 0 Å². The molecule has 1 amide bonds. The second-order valence-electron chi connectivity index (χ2n) is 5.78. The molecule has 26 heavy (non-hydrogen) atoms. The van der Waals surface area contributed by atoms with E-state index in [0.717, 1.165) is 12.1 Å². The van der Waals surface area contributed by atoms with Crippen molar-refractivity contribution in [3.63, 3.8) is 0 Å². The minimum atomic E-state index is -5.22. The molecule has 4 N–H and O–H groups in total. The zero-order chi connectivity index (χ0) is 20.5. The van der Waals surface area contributed by atoms with Crippen molar-refractivity contribution in [3.05, 3.63) is 22.7 Å². The first-order valence-electron chi connectivity index (χ1n) is 7.18. The summed E-state index contributed by atoms with van der Waals surface area (Å²) >= 11 is 5.96. The molecule has 0 aliphatic heterocycles. The lowest BCUT2D eigenvalue weighted by atomic mass is 10.1. The van der Waals surface area contributed by atoms with Gasteiger partial charge in [-0.2, -0.15) is 13.2 Å². The summed E-state index contributed by atoms with van der Waals surface area (Å²) in [6.45, 7) is 2.68. The predicted molar refractivity (Wildman–Crippen MR) is 88.4 cm³/mol. The van der Waals surface area contributed by atoms with Gasteiger partial charge in [0.25, 0.3) is 5.91 Å². The minimum absolute atomic E-state index is 0.0331. The summed E-state index contributed by atoms with van der Waals surface area (Å²) in [5.74, 6) is -1.77. The van der Waals surface area contributed by atoms with Crippen LogP contribution in [-0.4, -0.2) is 49.0 Å². The summed E-state index contributed by atoms with van der Waals surface area (Å²) in [6, 6.07) is 2.03. The molecule has 0 aromatic heterocycles. The zero-order valence-corrected chi connectivity index (χ0v) is 15.6. The highest BCUT2D eigenvalue weighted by molar-refractivity contribution is 7.89. The van der Waals surface area contributed by atoms with E-state index < -0.39 is 33.8 Å². The van der Waals surface area contributed by atoms with Gasteiger partial charge in [-0.05, 0) is 38.5 Å². The molecule has 0 radical (unpaired) electrons. The van der Waals surface area contributed by atoms with E-state index >= 15 is 0 Å². The van der Waals surface area contributed by atoms with Crippen molar-refractivity contribution in [3.8, 4) is 0 Å². The fourth-order valence-electron chi connectivity index (χ4n) is 1.74. The van der Waals surface area contributed by atoms with Crippen LogP contribution in [0.3, 0.4) is 0 Å². The van der Waals surface area contributed by atoms with Crippen molar-refractivity contribution in [1.29, 1.82) is 0 Å². The van der Waals surface area contributed by atoms with E-state index in [9.17, 15) is 31.5 Å². The smallest absolute Gasteiger partial charge is 0.392 e. The predicted octanol–water partition coefficient (Wildman–Crippen LogP) is 1.56. The molecule has 1 aromatic rings. The van der Waals surface area contributed by atoms with Crippen molar-refractivity contribution in [1.82, 2.24) is 4.72 Å². The molecule has 1 aromatic carbocycles. The third kappa shape index (κ3) is 4.86. The van der Waals surface area contributed by atoms with Gasteiger partial charge >= 0.3 is 6.18 Å². The molecule has 1 rings (SSSR count). The van der Waals surface area contributed by atoms with E-state index in [1.807, 2.05) is 5.32 Å². The Bertz CT molecular complexity index is 795. The third-order valence-corrected chi connectivity index (χ3v) is 5.49. The van der Waals surface area contributed by atoms with Crippen LogP contribution in [0.2, 0.25) is 5.02 Å². The first kappa shape index (κ1) is 22.6. The SMILES string of the molecule is Cc1c(S(=O)(=O)NCC(C)O)ccc(NC(=O)C(C)(O)C(F)(F)F)c1Cl. The molecule has 0 saturated carbocycles. The van der Waals surface area contributed by atoms with Crippen molar-refractivity contribution in [2.24, 2.45) is 0 Å². The molecule has 2 unspecified atom stereocenters. The summed E-state index contributed by atoms with van der Waals surface area (Å²) < 4.78 is 64.5. The van der Waals surface area contributed by atoms with Gasteiger partial charge in [0, 0.05) is 6.54 Å². The van der Waals surface area contributed by atoms with Crippen molar-refractivity contribution in [2.45, 2.75) is 43.5 Å². The van der Waals surface area contributed by atoms with Gasteiger partial charge < -0.3 is 15.5 Å². The Labute approximate surface area is 153 Å². The normalized spacial score (nSPS) is 16.0. The van der Waals surface area contributed by atoms with Gasteiger partial charge in [-0.15, -0.1) is 0 Å². The maximum atomic E-state index is 12.7. The van der Waals surface area contributed by atoms with Crippen LogP contribution < -0.4 is 10.0 Å². The average Bonchev–Trinajstić information content (AvgIpc) is 2.48. The lowest BCUT2D eigenvalue weighted by molar-refractivity contribution is -0.242. The number of amides is 1. The van der Waals surface area contributed by atoms with E-state index in [4.69, 9.17) is 16.7 Å². The number of rotatable bonds is 6. The Hall–Kier alpha value is -1.40. The minimum Gasteiger partial charge on any atom is -0.392 e. The number of benzene rings is 1. The number of nitrogens with one attached hydrogen (secondary N) is 2. The topological polar surface area (TPSA) is 116 Å². The fraction of sp³-hybridized carbons (Fsp3) is 0.500. The van der Waals surface area contributed by atoms with Crippen LogP contribution in [0.25, 0.3) is 0 Å². The quantitative estimate of drug-likeness (QED) is 0.559. The highest BCUT2D eigenvalue weighted by Crippen LogP contribution is 2.34. The molecule has 0 spiro atoms. The second-order valence-corrected chi connectivity index (χ2v) is 7.89. The molecule has 0 aliphatic rings. The van der Waals surface area contributed by atoms with Gasteiger partial charge in [-0.1, -0.05) is 11.6 Å². The van der Waals surface area contributed by atoms with Crippen LogP contribution in [-0.2, 0) is 14.8 Å². The number of carbonyl (C=O) groups is 1. The molecular weight excluding hydrogens is 401 g/mol. The Kier molecular flexibility index (Phi) is 6.69. The van der Waals surface area contributed by atoms with Gasteiger partial charge in [-0.3, -0.25) is 4.79 Å². The number of carbonyl (C=O) groups excluding carboxylic acids is 1. The van der Waals surface area contributed by atoms with Crippen LogP contribution in [0.5, 0.6) is 0 Å². The van der Waals surface area contributed by atoms with Gasteiger partial charge in [0.2, 0.25) is 15.6 Å². The number of aliphatic hydroxyl groups excluding tert-OH is 1. The number of hydrogen-bond acceptors (Lipinski definition) is 5. The number of halogens is 4. The first-order valence-corrected chi connectivity index (χ1v) is 9.04. The number of anilines is 1. The Morgan fingerprint density at radius 2 is 1.88 bits per heavy atom. The van der Waals surface area contributed by atoms with Crippen LogP contribution in [0.1, 0.15) is 19.4 Å². The molecular formula is C14H18ClF3N2O5S. The van der Waals surface area contributed by atoms with Gasteiger partial charge in [0.05, 0.1) is 21.7 Å². The van der Waals surface area contributed by atoms with E-state index in [-0.39, 0.29) is 34.6 Å². The molecule has 0 fully saturated rings. The molecule has 0 aliphatic carbocycles. The second kappa shape index (κ2) is 7.69. The Morgan fingerprint density at radius 3 is 2.35 bits per heavy atom. The van der Waals surface area contributed by atoms with E-state index in [2.05, 4.69) is 4.72 Å². The molecule has 12 heteroatoms. The molecule has 148 valence electrons. The van der Waals surface area contributed by atoms with Crippen LogP contribution in [0.4, 0.5) is 18.9 Å². The Morgan fingerprint density at radius 1 is 1.35 bits per heavy atom. The molecule has 0 heterocycles. The largest absolute Gasteiger partial charge is 0.426 e. The van der Waals surface area contributed by atoms with Crippen molar-refractivity contribution in [2.75, 3.05) is 11.9 Å². The highest BCUT2D eigenvalue weighted by Gasteiger charge is 2.55. The maximum absolute atomic E-state index is 12.7. The molecule has 0 bridgehead atoms. The number of hydrogen-bond donors (Lipinski definition) is 4. The number of aliphatic hydroxyl groups is 2. The summed E-state index contributed by atoms with van der Waals surface area (Å²) in [5.41, 5.74) is -3.99. The summed E-state index contributed by atoms with van der Waals surface area (Å²) in [6.07, 6.45) is -6.16. The third-order valence-electron chi connectivity index (χ3n) is 3.44. The fourth-order valence-corrected chi connectivity index (χ4v) is 3.37. The first-order chi connectivity index (χ1) is 11.6. The molecule has 2 atom stereocenters. The van der Waals surface area contributed by atoms with Crippen LogP contribution >= 0.6 is 11.6 Å². The van der Waals surface area contributed by atoms with Crippen molar-refractivity contribution < 1.29 is 36.6 Å². The van der Waals surface area contributed by atoms with E-state index in [1.165, 1.54) is 13.8 Å². The monoisotopic (exact) mass is 418 g/mol. The lowest BCUT2D eigenvalue weighted by Gasteiger charge is -2.25.